The fraction of sp³-hybridized carbons (Fsp3) is 0.118. The Morgan fingerprint density at radius 1 is 1.29 bits per heavy atom. The van der Waals surface area contributed by atoms with E-state index in [-0.39, 0.29) is 11.5 Å². The van der Waals surface area contributed by atoms with Gasteiger partial charge in [-0.05, 0) is 48.2 Å². The van der Waals surface area contributed by atoms with E-state index in [0.29, 0.717) is 21.9 Å². The van der Waals surface area contributed by atoms with Gasteiger partial charge in [0.2, 0.25) is 0 Å². The van der Waals surface area contributed by atoms with E-state index in [9.17, 15) is 14.9 Å². The fourth-order valence-corrected chi connectivity index (χ4v) is 2.75. The topological polar surface area (TPSA) is 69.4 Å². The number of halogens is 1. The number of carbonyl (C=O) groups excluding carboxylic acids is 1. The van der Waals surface area contributed by atoms with Crippen LogP contribution in [-0.2, 0) is 0 Å². The number of carbonyl (C=O) groups is 1. The maximum Gasteiger partial charge on any atom is 0.270 e. The molecule has 0 aliphatic heterocycles. The SMILES string of the molecule is COc1cc(C(=O)/C=C/c2cc([N+](=O)[O-])ccc2Cl)ccc1SC. The third-order valence-electron chi connectivity index (χ3n) is 3.27. The minimum Gasteiger partial charge on any atom is -0.496 e. The zero-order valence-electron chi connectivity index (χ0n) is 13.0. The standard InChI is InChI=1S/C17H14ClNO4S/c1-23-16-10-12(4-8-17(16)24-2)15(20)7-3-11-9-13(19(21)22)5-6-14(11)18/h3-10H,1-2H3/b7-3+. The lowest BCUT2D eigenvalue weighted by Gasteiger charge is -2.07. The van der Waals surface area contributed by atoms with Crippen LogP contribution in [0.1, 0.15) is 15.9 Å². The van der Waals surface area contributed by atoms with E-state index in [1.807, 2.05) is 12.3 Å². The average Bonchev–Trinajstić information content (AvgIpc) is 2.59. The first-order chi connectivity index (χ1) is 11.5. The summed E-state index contributed by atoms with van der Waals surface area (Å²) >= 11 is 7.53. The van der Waals surface area contributed by atoms with Gasteiger partial charge in [-0.15, -0.1) is 11.8 Å². The molecule has 0 aromatic heterocycles. The summed E-state index contributed by atoms with van der Waals surface area (Å²) in [7, 11) is 1.54. The molecule has 0 bridgehead atoms. The van der Waals surface area contributed by atoms with E-state index in [0.717, 1.165) is 4.90 Å². The van der Waals surface area contributed by atoms with Crippen LogP contribution in [0.4, 0.5) is 5.69 Å². The first kappa shape index (κ1) is 18.0. The van der Waals surface area contributed by atoms with Gasteiger partial charge in [0.1, 0.15) is 5.75 Å². The molecule has 0 atom stereocenters. The van der Waals surface area contributed by atoms with Crippen LogP contribution in [0.2, 0.25) is 5.02 Å². The molecule has 0 amide bonds. The minimum atomic E-state index is -0.512. The molecule has 124 valence electrons. The zero-order valence-corrected chi connectivity index (χ0v) is 14.6. The first-order valence-electron chi connectivity index (χ1n) is 6.84. The van der Waals surface area contributed by atoms with Crippen molar-refractivity contribution in [2.45, 2.75) is 4.90 Å². The Morgan fingerprint density at radius 3 is 2.67 bits per heavy atom. The number of methoxy groups -OCH3 is 1. The summed E-state index contributed by atoms with van der Waals surface area (Å²) in [5.41, 5.74) is 0.784. The van der Waals surface area contributed by atoms with E-state index in [2.05, 4.69) is 0 Å². The number of nitro benzene ring substituents is 1. The summed E-state index contributed by atoms with van der Waals surface area (Å²) in [5, 5.41) is 11.1. The van der Waals surface area contributed by atoms with Crippen molar-refractivity contribution in [3.05, 3.63) is 68.7 Å². The third-order valence-corrected chi connectivity index (χ3v) is 4.39. The Morgan fingerprint density at radius 2 is 2.04 bits per heavy atom. The van der Waals surface area contributed by atoms with Crippen molar-refractivity contribution in [1.82, 2.24) is 0 Å². The molecular weight excluding hydrogens is 350 g/mol. The van der Waals surface area contributed by atoms with Crippen LogP contribution in [0.5, 0.6) is 5.75 Å². The molecule has 0 saturated carbocycles. The number of ketones is 1. The van der Waals surface area contributed by atoms with Gasteiger partial charge in [0.25, 0.3) is 5.69 Å². The van der Waals surface area contributed by atoms with Crippen molar-refractivity contribution in [3.63, 3.8) is 0 Å². The molecule has 0 aliphatic rings. The largest absolute Gasteiger partial charge is 0.496 e. The predicted octanol–water partition coefficient (Wildman–Crippen LogP) is 4.87. The Kier molecular flexibility index (Phi) is 6.00. The summed E-state index contributed by atoms with van der Waals surface area (Å²) in [5.74, 6) is 0.374. The van der Waals surface area contributed by atoms with Gasteiger partial charge in [0.05, 0.1) is 12.0 Å². The molecule has 2 aromatic carbocycles. The van der Waals surface area contributed by atoms with Gasteiger partial charge in [-0.1, -0.05) is 11.6 Å². The highest BCUT2D eigenvalue weighted by atomic mass is 35.5. The average molecular weight is 364 g/mol. The Bertz CT molecular complexity index is 820. The summed E-state index contributed by atoms with van der Waals surface area (Å²) in [6.07, 6.45) is 4.72. The maximum absolute atomic E-state index is 12.3. The summed E-state index contributed by atoms with van der Waals surface area (Å²) in [6, 6.07) is 9.24. The van der Waals surface area contributed by atoms with Gasteiger partial charge in [0.15, 0.2) is 5.78 Å². The number of nitro groups is 1. The molecule has 0 fully saturated rings. The van der Waals surface area contributed by atoms with Gasteiger partial charge >= 0.3 is 0 Å². The van der Waals surface area contributed by atoms with Crippen LogP contribution in [0.3, 0.4) is 0 Å². The number of thioether (sulfide) groups is 1. The first-order valence-corrected chi connectivity index (χ1v) is 8.45. The summed E-state index contributed by atoms with van der Waals surface area (Å²) < 4.78 is 5.26. The normalized spacial score (nSPS) is 10.8. The number of nitrogens with zero attached hydrogens (tertiary/aromatic N) is 1. The van der Waals surface area contributed by atoms with Crippen molar-refractivity contribution in [2.24, 2.45) is 0 Å². The van der Waals surface area contributed by atoms with Crippen LogP contribution in [0.25, 0.3) is 6.08 Å². The molecule has 0 N–H and O–H groups in total. The Labute approximate surface area is 148 Å². The number of hydrogen-bond acceptors (Lipinski definition) is 5. The third kappa shape index (κ3) is 4.15. The number of allylic oxidation sites excluding steroid dienone is 1. The van der Waals surface area contributed by atoms with E-state index in [1.165, 1.54) is 42.1 Å². The lowest BCUT2D eigenvalue weighted by atomic mass is 10.1. The number of ether oxygens (including phenoxy) is 1. The maximum atomic E-state index is 12.3. The van der Waals surface area contributed by atoms with Crippen molar-refractivity contribution in [2.75, 3.05) is 13.4 Å². The van der Waals surface area contributed by atoms with Crippen molar-refractivity contribution < 1.29 is 14.5 Å². The molecule has 0 unspecified atom stereocenters. The summed E-state index contributed by atoms with van der Waals surface area (Å²) in [4.78, 5) is 23.5. The fourth-order valence-electron chi connectivity index (χ4n) is 2.02. The molecule has 0 heterocycles. The van der Waals surface area contributed by atoms with E-state index in [4.69, 9.17) is 16.3 Å². The lowest BCUT2D eigenvalue weighted by Crippen LogP contribution is -1.96. The molecule has 0 aliphatic carbocycles. The number of benzene rings is 2. The number of non-ortho nitro benzene ring substituents is 1. The Hall–Kier alpha value is -2.31. The highest BCUT2D eigenvalue weighted by Crippen LogP contribution is 2.29. The minimum absolute atomic E-state index is 0.0857. The van der Waals surface area contributed by atoms with Crippen molar-refractivity contribution in [3.8, 4) is 5.75 Å². The van der Waals surface area contributed by atoms with Gasteiger partial charge in [-0.3, -0.25) is 14.9 Å². The molecular formula is C17H14ClNO4S. The molecule has 2 aromatic rings. The number of hydrogen-bond donors (Lipinski definition) is 0. The van der Waals surface area contributed by atoms with E-state index < -0.39 is 4.92 Å². The molecule has 7 heteroatoms. The monoisotopic (exact) mass is 363 g/mol. The molecule has 0 spiro atoms. The van der Waals surface area contributed by atoms with Crippen LogP contribution >= 0.6 is 23.4 Å². The molecule has 24 heavy (non-hydrogen) atoms. The molecule has 2 rings (SSSR count). The molecule has 5 nitrogen and oxygen atoms in total. The van der Waals surface area contributed by atoms with Crippen molar-refractivity contribution >= 4 is 40.9 Å². The molecule has 0 saturated heterocycles. The van der Waals surface area contributed by atoms with Gasteiger partial charge < -0.3 is 4.74 Å². The van der Waals surface area contributed by atoms with E-state index >= 15 is 0 Å². The highest BCUT2D eigenvalue weighted by molar-refractivity contribution is 7.98. The van der Waals surface area contributed by atoms with Crippen molar-refractivity contribution in [1.29, 1.82) is 0 Å². The van der Waals surface area contributed by atoms with Gasteiger partial charge in [-0.25, -0.2) is 0 Å². The Balaban J connectivity index is 2.28. The van der Waals surface area contributed by atoms with Crippen LogP contribution in [0, 0.1) is 10.1 Å². The highest BCUT2D eigenvalue weighted by Gasteiger charge is 2.10. The second kappa shape index (κ2) is 7.99. The zero-order chi connectivity index (χ0) is 17.7. The number of rotatable bonds is 6. The van der Waals surface area contributed by atoms with Gasteiger partial charge in [-0.2, -0.15) is 0 Å². The van der Waals surface area contributed by atoms with Crippen LogP contribution in [-0.4, -0.2) is 24.1 Å². The van der Waals surface area contributed by atoms with Crippen LogP contribution < -0.4 is 4.74 Å². The predicted molar refractivity (Wildman–Crippen MR) is 96.2 cm³/mol. The smallest absolute Gasteiger partial charge is 0.270 e. The molecule has 0 radical (unpaired) electrons. The van der Waals surface area contributed by atoms with Crippen LogP contribution in [0.15, 0.2) is 47.4 Å². The lowest BCUT2D eigenvalue weighted by molar-refractivity contribution is -0.384. The second-order valence-corrected chi connectivity index (χ2v) is 5.99. The summed E-state index contributed by atoms with van der Waals surface area (Å²) in [6.45, 7) is 0. The quantitative estimate of drug-likeness (QED) is 0.240. The van der Waals surface area contributed by atoms with E-state index in [1.54, 1.807) is 19.2 Å². The second-order valence-electron chi connectivity index (χ2n) is 4.73. The van der Waals surface area contributed by atoms with Gasteiger partial charge in [0, 0.05) is 27.6 Å².